The number of amides is 5. The molecule has 5 rings (SSSR count). The molecule has 3 heterocycles. The summed E-state index contributed by atoms with van der Waals surface area (Å²) < 4.78 is 1.46. The molecule has 2 aliphatic rings. The van der Waals surface area contributed by atoms with Gasteiger partial charge in [0, 0.05) is 32.0 Å². The Morgan fingerprint density at radius 2 is 1.80 bits per heavy atom. The Balaban J connectivity index is 1.23. The number of fused-ring (bicyclic) bond motifs is 1. The zero-order chi connectivity index (χ0) is 32.8. The second-order valence-electron chi connectivity index (χ2n) is 10.6. The van der Waals surface area contributed by atoms with Crippen LogP contribution in [0.1, 0.15) is 30.0 Å². The topological polar surface area (TPSA) is 180 Å². The number of nitrogens with zero attached hydrogens (tertiary/aromatic N) is 6. The van der Waals surface area contributed by atoms with Gasteiger partial charge in [-0.15, -0.1) is 16.9 Å². The number of carbonyl (C=O) groups is 5. The van der Waals surface area contributed by atoms with Crippen LogP contribution >= 0.6 is 23.5 Å². The van der Waals surface area contributed by atoms with Crippen molar-refractivity contribution in [3.8, 4) is 0 Å². The first-order valence-corrected chi connectivity index (χ1v) is 16.4. The Labute approximate surface area is 272 Å². The van der Waals surface area contributed by atoms with Crippen molar-refractivity contribution in [1.82, 2.24) is 40.6 Å². The molecule has 5 amide bonds. The molecular weight excluding hydrogens is 633 g/mol. The number of tetrazole rings is 1. The van der Waals surface area contributed by atoms with Crippen LogP contribution in [0.4, 0.5) is 4.79 Å². The number of benzene rings is 2. The number of carboxylic acids is 1. The third-order valence-electron chi connectivity index (χ3n) is 7.54. The van der Waals surface area contributed by atoms with E-state index >= 15 is 0 Å². The lowest BCUT2D eigenvalue weighted by atomic mass is 10.0. The Morgan fingerprint density at radius 1 is 1.11 bits per heavy atom. The third-order valence-corrected chi connectivity index (χ3v) is 9.98. The number of aromatic nitrogens is 4. The van der Waals surface area contributed by atoms with Crippen LogP contribution in [-0.2, 0) is 32.6 Å². The van der Waals surface area contributed by atoms with Crippen molar-refractivity contribution in [2.75, 3.05) is 18.6 Å². The summed E-state index contributed by atoms with van der Waals surface area (Å²) in [6.45, 7) is 0. The highest BCUT2D eigenvalue weighted by atomic mass is 32.2. The van der Waals surface area contributed by atoms with E-state index in [4.69, 9.17) is 0 Å². The van der Waals surface area contributed by atoms with Crippen molar-refractivity contribution in [3.63, 3.8) is 0 Å². The highest BCUT2D eigenvalue weighted by molar-refractivity contribution is 8.01. The molecule has 0 aliphatic carbocycles. The average Bonchev–Trinajstić information content (AvgIpc) is 3.48. The lowest BCUT2D eigenvalue weighted by molar-refractivity contribution is -0.151. The van der Waals surface area contributed by atoms with Crippen molar-refractivity contribution in [2.45, 2.75) is 41.9 Å². The molecule has 2 aromatic carbocycles. The Bertz CT molecular complexity index is 1650. The maximum Gasteiger partial charge on any atom is 0.352 e. The average molecular weight is 665 g/mol. The van der Waals surface area contributed by atoms with Gasteiger partial charge in [-0.3, -0.25) is 24.2 Å². The minimum absolute atomic E-state index is 0.123. The van der Waals surface area contributed by atoms with E-state index in [0.29, 0.717) is 34.9 Å². The SMILES string of the molecule is CN(C(=O)CCCc1ccccc1)C(=O)N[C@@H](C(=O)NC1C(=O)N2C(C(=O)O)=C(CSc3nnnn3C)CS[C@H]12)c1ccccc1. The fraction of sp³-hybridized carbons (Fsp3) is 0.333. The summed E-state index contributed by atoms with van der Waals surface area (Å²) in [7, 11) is 3.02. The molecule has 14 nitrogen and oxygen atoms in total. The number of hydrogen-bond donors (Lipinski definition) is 3. The highest BCUT2D eigenvalue weighted by Gasteiger charge is 2.54. The number of hydrogen-bond acceptors (Lipinski definition) is 10. The largest absolute Gasteiger partial charge is 0.477 e. The monoisotopic (exact) mass is 664 g/mol. The summed E-state index contributed by atoms with van der Waals surface area (Å²) in [5.41, 5.74) is 1.94. The maximum atomic E-state index is 13.6. The van der Waals surface area contributed by atoms with E-state index in [0.717, 1.165) is 10.5 Å². The third kappa shape index (κ3) is 7.23. The number of imide groups is 1. The Hall–Kier alpha value is -4.70. The molecular formula is C30H32N8O6S2. The van der Waals surface area contributed by atoms with E-state index in [9.17, 15) is 29.1 Å². The van der Waals surface area contributed by atoms with E-state index in [1.165, 1.54) is 40.2 Å². The molecule has 3 N–H and O–H groups in total. The standard InChI is InChI=1S/C30H32N8O6S2/c1-36(21(39)15-9-12-18-10-5-3-6-11-18)29(44)32-22(19-13-7-4-8-14-19)25(40)31-23-26(41)38-24(28(42)43)20(16-45-27(23)38)17-46-30-33-34-35-37(30)2/h3-8,10-11,13-14,22-23,27H,9,12,15-17H2,1-2H3,(H,31,40)(H,32,44)(H,42,43)/t22-,23?,27-/m1/s1. The van der Waals surface area contributed by atoms with Crippen molar-refractivity contribution >= 4 is 53.2 Å². The molecule has 0 spiro atoms. The number of rotatable bonds is 12. The first-order chi connectivity index (χ1) is 22.2. The van der Waals surface area contributed by atoms with Gasteiger partial charge >= 0.3 is 12.0 Å². The quantitative estimate of drug-likeness (QED) is 0.190. The van der Waals surface area contributed by atoms with Crippen LogP contribution in [0.2, 0.25) is 0 Å². The van der Waals surface area contributed by atoms with Crippen molar-refractivity contribution < 1.29 is 29.1 Å². The summed E-state index contributed by atoms with van der Waals surface area (Å²) in [5, 5.41) is 26.4. The van der Waals surface area contributed by atoms with Crippen LogP contribution in [0.15, 0.2) is 77.1 Å². The zero-order valence-electron chi connectivity index (χ0n) is 25.0. The number of urea groups is 1. The van der Waals surface area contributed by atoms with E-state index in [2.05, 4.69) is 26.2 Å². The minimum atomic E-state index is -1.25. The second kappa shape index (κ2) is 14.6. The van der Waals surface area contributed by atoms with Crippen molar-refractivity contribution in [2.24, 2.45) is 7.05 Å². The minimum Gasteiger partial charge on any atom is -0.477 e. The van der Waals surface area contributed by atoms with Crippen LogP contribution in [0, 0.1) is 0 Å². The number of thioether (sulfide) groups is 2. The van der Waals surface area contributed by atoms with E-state index in [-0.39, 0.29) is 17.9 Å². The van der Waals surface area contributed by atoms with Gasteiger partial charge in [0.1, 0.15) is 23.2 Å². The van der Waals surface area contributed by atoms with Crippen LogP contribution in [0.25, 0.3) is 0 Å². The molecule has 0 bridgehead atoms. The normalized spacial score (nSPS) is 17.9. The summed E-state index contributed by atoms with van der Waals surface area (Å²) in [6.07, 6.45) is 1.37. The smallest absolute Gasteiger partial charge is 0.352 e. The van der Waals surface area contributed by atoms with Crippen molar-refractivity contribution in [3.05, 3.63) is 83.1 Å². The fourth-order valence-electron chi connectivity index (χ4n) is 5.06. The highest BCUT2D eigenvalue weighted by Crippen LogP contribution is 2.41. The summed E-state index contributed by atoms with van der Waals surface area (Å²) in [6, 6.07) is 15.2. The number of aliphatic carboxylic acids is 1. The summed E-state index contributed by atoms with van der Waals surface area (Å²) >= 11 is 2.58. The van der Waals surface area contributed by atoms with Gasteiger partial charge < -0.3 is 15.7 Å². The van der Waals surface area contributed by atoms with Gasteiger partial charge in [0.15, 0.2) is 0 Å². The maximum absolute atomic E-state index is 13.6. The van der Waals surface area contributed by atoms with Gasteiger partial charge in [0.25, 0.3) is 5.91 Å². The molecule has 46 heavy (non-hydrogen) atoms. The number of nitrogens with one attached hydrogen (secondary N) is 2. The molecule has 3 aromatic rings. The first-order valence-electron chi connectivity index (χ1n) is 14.4. The molecule has 1 fully saturated rings. The van der Waals surface area contributed by atoms with Gasteiger partial charge in [-0.25, -0.2) is 14.3 Å². The molecule has 1 aromatic heterocycles. The molecule has 16 heteroatoms. The van der Waals surface area contributed by atoms with Gasteiger partial charge in [-0.1, -0.05) is 72.4 Å². The number of aryl methyl sites for hydroxylation is 2. The zero-order valence-corrected chi connectivity index (χ0v) is 26.7. The van der Waals surface area contributed by atoms with E-state index < -0.39 is 47.2 Å². The Morgan fingerprint density at radius 3 is 2.46 bits per heavy atom. The molecule has 1 saturated heterocycles. The van der Waals surface area contributed by atoms with Gasteiger partial charge in [0.05, 0.1) is 0 Å². The fourth-order valence-corrected chi connectivity index (χ4v) is 7.40. The molecule has 0 radical (unpaired) electrons. The summed E-state index contributed by atoms with van der Waals surface area (Å²) in [4.78, 5) is 67.2. The summed E-state index contributed by atoms with van der Waals surface area (Å²) in [5.74, 6) is -2.31. The van der Waals surface area contributed by atoms with Gasteiger partial charge in [0.2, 0.25) is 17.0 Å². The van der Waals surface area contributed by atoms with Gasteiger partial charge in [-0.05, 0) is 40.0 Å². The van der Waals surface area contributed by atoms with Crippen LogP contribution < -0.4 is 10.6 Å². The Kier molecular flexibility index (Phi) is 10.4. The van der Waals surface area contributed by atoms with Gasteiger partial charge in [-0.2, -0.15) is 0 Å². The lowest BCUT2D eigenvalue weighted by Gasteiger charge is -2.49. The van der Waals surface area contributed by atoms with Crippen LogP contribution in [0.3, 0.4) is 0 Å². The lowest BCUT2D eigenvalue weighted by Crippen LogP contribution is -2.71. The number of β-lactam (4-membered cyclic amide) rings is 1. The molecule has 3 atom stereocenters. The van der Waals surface area contributed by atoms with Crippen molar-refractivity contribution in [1.29, 1.82) is 0 Å². The molecule has 0 saturated carbocycles. The number of carboxylic acid groups (broad SMARTS) is 1. The number of carbonyl (C=O) groups excluding carboxylic acids is 4. The molecule has 1 unspecified atom stereocenters. The first kappa shape index (κ1) is 32.7. The van der Waals surface area contributed by atoms with E-state index in [1.807, 2.05) is 30.3 Å². The predicted octanol–water partition coefficient (Wildman–Crippen LogP) is 1.97. The van der Waals surface area contributed by atoms with Crippen LogP contribution in [0.5, 0.6) is 0 Å². The predicted molar refractivity (Wildman–Crippen MR) is 169 cm³/mol. The molecule has 240 valence electrons. The molecule has 2 aliphatic heterocycles. The van der Waals surface area contributed by atoms with E-state index in [1.54, 1.807) is 37.4 Å². The second-order valence-corrected chi connectivity index (χ2v) is 12.7. The van der Waals surface area contributed by atoms with Crippen LogP contribution in [-0.4, -0.2) is 94.8 Å².